The number of carbonyl (C=O) groups is 1. The summed E-state index contributed by atoms with van der Waals surface area (Å²) in [6.07, 6.45) is 4.53. The van der Waals surface area contributed by atoms with Crippen LogP contribution in [0.4, 0.5) is 17.3 Å². The van der Waals surface area contributed by atoms with Crippen LogP contribution >= 0.6 is 0 Å². The average Bonchev–Trinajstić information content (AvgIpc) is 2.85. The van der Waals surface area contributed by atoms with Crippen LogP contribution in [0.25, 0.3) is 11.0 Å². The van der Waals surface area contributed by atoms with Crippen LogP contribution in [0.3, 0.4) is 0 Å². The van der Waals surface area contributed by atoms with Crippen molar-refractivity contribution in [3.63, 3.8) is 0 Å². The molecule has 5 rings (SSSR count). The van der Waals surface area contributed by atoms with E-state index in [4.69, 9.17) is 4.98 Å². The summed E-state index contributed by atoms with van der Waals surface area (Å²) in [5.41, 5.74) is 2.18. The third-order valence-electron chi connectivity index (χ3n) is 8.11. The molecule has 0 atom stereocenters. The first-order chi connectivity index (χ1) is 17.7. The zero-order valence-corrected chi connectivity index (χ0v) is 22.5. The summed E-state index contributed by atoms with van der Waals surface area (Å²) < 4.78 is 1.79. The molecular formula is C28H37N7O2. The molecule has 2 fully saturated rings. The zero-order chi connectivity index (χ0) is 26.3. The number of amides is 1. The van der Waals surface area contributed by atoms with Gasteiger partial charge in [0, 0.05) is 63.2 Å². The Morgan fingerprint density at radius 2 is 1.76 bits per heavy atom. The second-order valence-electron chi connectivity index (χ2n) is 10.9. The highest BCUT2D eigenvalue weighted by Gasteiger charge is 2.44. The minimum atomic E-state index is -0.353. The number of nitrogens with one attached hydrogen (secondary N) is 1. The quantitative estimate of drug-likeness (QED) is 0.551. The van der Waals surface area contributed by atoms with E-state index in [1.165, 1.54) is 10.6 Å². The summed E-state index contributed by atoms with van der Waals surface area (Å²) in [7, 11) is 5.48. The van der Waals surface area contributed by atoms with Gasteiger partial charge in [0.15, 0.2) is 0 Å². The van der Waals surface area contributed by atoms with Gasteiger partial charge in [-0.25, -0.2) is 4.98 Å². The maximum atomic E-state index is 13.8. The standard InChI is InChI=1S/C28H37N7O2/c1-19(2)28(11-6-12-28)35-24-20(17-23(26(35)37)25(36)32(3)4)18-29-27(31-24)30-21-7-9-22(10-8-21)34-15-13-33(5)14-16-34/h7-10,17-19H,6,11-16H2,1-5H3,(H,29,30,31). The molecule has 1 aliphatic heterocycles. The molecule has 9 heteroatoms. The number of likely N-dealkylation sites (N-methyl/N-ethyl adjacent to an activating group) is 1. The number of hydrogen-bond donors (Lipinski definition) is 1. The van der Waals surface area contributed by atoms with Gasteiger partial charge in [0.05, 0.1) is 5.54 Å². The lowest BCUT2D eigenvalue weighted by molar-refractivity contribution is 0.0768. The zero-order valence-electron chi connectivity index (χ0n) is 22.5. The SMILES string of the molecule is CC(C)C1(n2c(=O)c(C(=O)N(C)C)cc3cnc(Nc4ccc(N5CCN(C)CC5)cc4)nc32)CCC1. The van der Waals surface area contributed by atoms with Gasteiger partial charge in [-0.1, -0.05) is 13.8 Å². The largest absolute Gasteiger partial charge is 0.369 e. The van der Waals surface area contributed by atoms with E-state index in [0.29, 0.717) is 17.0 Å². The van der Waals surface area contributed by atoms with Crippen molar-refractivity contribution in [2.45, 2.75) is 38.6 Å². The lowest BCUT2D eigenvalue weighted by atomic mass is 9.69. The number of hydrogen-bond acceptors (Lipinski definition) is 7. The Labute approximate surface area is 218 Å². The Kier molecular flexibility index (Phi) is 6.66. The van der Waals surface area contributed by atoms with Gasteiger partial charge in [0.1, 0.15) is 11.2 Å². The molecule has 3 heterocycles. The molecule has 3 aromatic rings. The van der Waals surface area contributed by atoms with Crippen LogP contribution in [0.1, 0.15) is 43.5 Å². The predicted octanol–water partition coefficient (Wildman–Crippen LogP) is 3.52. The number of nitrogens with zero attached hydrogens (tertiary/aromatic N) is 6. The Morgan fingerprint density at radius 3 is 2.32 bits per heavy atom. The van der Waals surface area contributed by atoms with Crippen molar-refractivity contribution in [3.8, 4) is 0 Å². The van der Waals surface area contributed by atoms with Gasteiger partial charge in [-0.2, -0.15) is 4.98 Å². The van der Waals surface area contributed by atoms with Crippen molar-refractivity contribution in [1.82, 2.24) is 24.3 Å². The van der Waals surface area contributed by atoms with E-state index in [1.54, 1.807) is 30.9 Å². The molecule has 9 nitrogen and oxygen atoms in total. The molecule has 1 aliphatic carbocycles. The van der Waals surface area contributed by atoms with E-state index in [0.717, 1.165) is 51.1 Å². The molecule has 0 radical (unpaired) electrons. The summed E-state index contributed by atoms with van der Waals surface area (Å²) >= 11 is 0. The van der Waals surface area contributed by atoms with Crippen molar-refractivity contribution in [2.24, 2.45) is 5.92 Å². The highest BCUT2D eigenvalue weighted by Crippen LogP contribution is 2.45. The van der Waals surface area contributed by atoms with E-state index in [9.17, 15) is 9.59 Å². The first-order valence-corrected chi connectivity index (χ1v) is 13.1. The van der Waals surface area contributed by atoms with E-state index in [-0.39, 0.29) is 28.5 Å². The van der Waals surface area contributed by atoms with Crippen LogP contribution in [-0.4, -0.2) is 77.6 Å². The third kappa shape index (κ3) is 4.56. The topological polar surface area (TPSA) is 86.6 Å². The van der Waals surface area contributed by atoms with E-state index in [2.05, 4.69) is 53.1 Å². The molecule has 1 saturated heterocycles. The van der Waals surface area contributed by atoms with Crippen molar-refractivity contribution in [1.29, 1.82) is 0 Å². The molecule has 2 aromatic heterocycles. The molecule has 2 aliphatic rings. The number of fused-ring (bicyclic) bond motifs is 1. The lowest BCUT2D eigenvalue weighted by Gasteiger charge is -2.47. The number of aromatic nitrogens is 3. The minimum absolute atomic E-state index is 0.160. The Morgan fingerprint density at radius 1 is 1.08 bits per heavy atom. The normalized spacial score (nSPS) is 17.6. The van der Waals surface area contributed by atoms with Gasteiger partial charge < -0.3 is 20.0 Å². The fourth-order valence-electron chi connectivity index (χ4n) is 5.51. The molecule has 1 N–H and O–H groups in total. The predicted molar refractivity (Wildman–Crippen MR) is 148 cm³/mol. The number of carbonyl (C=O) groups excluding carboxylic acids is 1. The van der Waals surface area contributed by atoms with Crippen molar-refractivity contribution < 1.29 is 4.79 Å². The second-order valence-corrected chi connectivity index (χ2v) is 10.9. The van der Waals surface area contributed by atoms with Crippen molar-refractivity contribution in [2.75, 3.05) is 57.5 Å². The van der Waals surface area contributed by atoms with Crippen LogP contribution < -0.4 is 15.8 Å². The fourth-order valence-corrected chi connectivity index (χ4v) is 5.51. The number of rotatable bonds is 6. The van der Waals surface area contributed by atoms with Crippen LogP contribution in [0.15, 0.2) is 41.3 Å². The van der Waals surface area contributed by atoms with E-state index < -0.39 is 0 Å². The molecule has 37 heavy (non-hydrogen) atoms. The van der Waals surface area contributed by atoms with Gasteiger partial charge in [-0.15, -0.1) is 0 Å². The van der Waals surface area contributed by atoms with E-state index >= 15 is 0 Å². The molecule has 0 spiro atoms. The number of benzene rings is 1. The van der Waals surface area contributed by atoms with Gasteiger partial charge in [-0.3, -0.25) is 14.2 Å². The second kappa shape index (κ2) is 9.78. The average molecular weight is 504 g/mol. The number of pyridine rings is 1. The first kappa shape index (κ1) is 25.2. The molecule has 0 bridgehead atoms. The Hall–Kier alpha value is -3.46. The van der Waals surface area contributed by atoms with Gasteiger partial charge >= 0.3 is 0 Å². The number of anilines is 3. The highest BCUT2D eigenvalue weighted by atomic mass is 16.2. The molecule has 1 aromatic carbocycles. The monoisotopic (exact) mass is 503 g/mol. The molecule has 196 valence electrons. The summed E-state index contributed by atoms with van der Waals surface area (Å²) in [6.45, 7) is 8.44. The van der Waals surface area contributed by atoms with Crippen molar-refractivity contribution >= 4 is 34.3 Å². The van der Waals surface area contributed by atoms with Crippen molar-refractivity contribution in [3.05, 3.63) is 52.4 Å². The molecule has 0 unspecified atom stereocenters. The highest BCUT2D eigenvalue weighted by molar-refractivity contribution is 5.96. The summed E-state index contributed by atoms with van der Waals surface area (Å²) in [5.74, 6) is 0.347. The van der Waals surface area contributed by atoms with Gasteiger partial charge in [0.25, 0.3) is 11.5 Å². The third-order valence-corrected chi connectivity index (χ3v) is 8.11. The lowest BCUT2D eigenvalue weighted by Crippen LogP contribution is -2.51. The van der Waals surface area contributed by atoms with Crippen LogP contribution in [0.2, 0.25) is 0 Å². The summed E-state index contributed by atoms with van der Waals surface area (Å²) in [4.78, 5) is 42.2. The first-order valence-electron chi connectivity index (χ1n) is 13.1. The maximum Gasteiger partial charge on any atom is 0.265 e. The maximum absolute atomic E-state index is 13.8. The smallest absolute Gasteiger partial charge is 0.265 e. The van der Waals surface area contributed by atoms with Gasteiger partial charge in [0.2, 0.25) is 5.95 Å². The van der Waals surface area contributed by atoms with Crippen LogP contribution in [0.5, 0.6) is 0 Å². The number of piperazine rings is 1. The Balaban J connectivity index is 1.51. The van der Waals surface area contributed by atoms with E-state index in [1.807, 2.05) is 12.1 Å². The summed E-state index contributed by atoms with van der Waals surface area (Å²) in [5, 5.41) is 4.00. The fraction of sp³-hybridized carbons (Fsp3) is 0.500. The molecule has 1 saturated carbocycles. The summed E-state index contributed by atoms with van der Waals surface area (Å²) in [6, 6.07) is 9.94. The molecular weight excluding hydrogens is 466 g/mol. The minimum Gasteiger partial charge on any atom is -0.369 e. The van der Waals surface area contributed by atoms with Crippen LogP contribution in [0, 0.1) is 5.92 Å². The Bertz CT molecular complexity index is 1350. The molecule has 1 amide bonds. The van der Waals surface area contributed by atoms with Crippen LogP contribution in [-0.2, 0) is 5.54 Å². The van der Waals surface area contributed by atoms with Gasteiger partial charge in [-0.05, 0) is 62.6 Å².